The van der Waals surface area contributed by atoms with Crippen molar-refractivity contribution in [3.63, 3.8) is 0 Å². The molecule has 5 aromatic carbocycles. The highest BCUT2D eigenvalue weighted by Crippen LogP contribution is 2.31. The number of carbonyl (C=O) groups is 4. The van der Waals surface area contributed by atoms with Crippen molar-refractivity contribution in [3.05, 3.63) is 262 Å². The van der Waals surface area contributed by atoms with Crippen molar-refractivity contribution < 1.29 is 33.4 Å². The van der Waals surface area contributed by atoms with Gasteiger partial charge in [0.15, 0.2) is 5.43 Å². The molecule has 0 aliphatic carbocycles. The van der Waals surface area contributed by atoms with Gasteiger partial charge in [-0.3, -0.25) is 38.4 Å². The molecule has 4 fully saturated rings. The van der Waals surface area contributed by atoms with Crippen LogP contribution in [0.25, 0.3) is 88.3 Å². The van der Waals surface area contributed by atoms with Crippen LogP contribution in [0, 0.1) is 5.92 Å². The predicted molar refractivity (Wildman–Crippen MR) is 464 cm³/mol. The molecular formula is C90H91N19O11. The van der Waals surface area contributed by atoms with Gasteiger partial charge < -0.3 is 69.7 Å². The summed E-state index contributed by atoms with van der Waals surface area (Å²) >= 11 is 0. The van der Waals surface area contributed by atoms with E-state index >= 15 is 0 Å². The number of anilines is 3. The van der Waals surface area contributed by atoms with Crippen LogP contribution in [0.1, 0.15) is 57.1 Å². The second-order valence-corrected chi connectivity index (χ2v) is 29.4. The van der Waals surface area contributed by atoms with E-state index in [1.165, 1.54) is 49.6 Å². The Kier molecular flexibility index (Phi) is 26.4. The number of likely N-dealkylation sites (tertiary alicyclic amines) is 4. The Hall–Kier alpha value is -14.4. The maximum absolute atomic E-state index is 13.5. The fraction of sp³-hybridized carbons (Fsp3) is 0.267. The van der Waals surface area contributed by atoms with Gasteiger partial charge in [0.2, 0.25) is 34.5 Å². The lowest BCUT2D eigenvalue weighted by atomic mass is 9.92. The van der Waals surface area contributed by atoms with Crippen molar-refractivity contribution in [1.29, 1.82) is 0 Å². The Bertz CT molecular complexity index is 6220. The minimum Gasteiger partial charge on any atom is -0.491 e. The number of nitrogens with zero attached hydrogens (tertiary/aromatic N) is 12. The molecule has 0 bridgehead atoms. The van der Waals surface area contributed by atoms with Gasteiger partial charge >= 0.3 is 0 Å². The summed E-state index contributed by atoms with van der Waals surface area (Å²) in [6.07, 6.45) is 19.0. The minimum absolute atomic E-state index is 0.0175. The number of para-hydroxylation sites is 2. The third-order valence-electron chi connectivity index (χ3n) is 21.4. The van der Waals surface area contributed by atoms with Crippen LogP contribution in [0.4, 0.5) is 17.5 Å². The molecule has 4 aliphatic heterocycles. The van der Waals surface area contributed by atoms with Gasteiger partial charge in [-0.05, 0) is 160 Å². The molecule has 120 heavy (non-hydrogen) atoms. The number of amides is 4. The first-order valence-corrected chi connectivity index (χ1v) is 39.8. The quantitative estimate of drug-likeness (QED) is 0.0212. The van der Waals surface area contributed by atoms with Gasteiger partial charge in [-0.25, -0.2) is 39.9 Å². The number of hydrogen-bond donors (Lipinski definition) is 7. The molecule has 0 radical (unpaired) electrons. The van der Waals surface area contributed by atoms with E-state index in [0.717, 1.165) is 87.6 Å². The summed E-state index contributed by atoms with van der Waals surface area (Å²) in [7, 11) is 1.62. The number of H-pyrrole nitrogens is 4. The summed E-state index contributed by atoms with van der Waals surface area (Å²) < 4.78 is 16.5. The maximum atomic E-state index is 13.5. The van der Waals surface area contributed by atoms with E-state index in [-0.39, 0.29) is 69.5 Å². The average Bonchev–Trinajstić information content (AvgIpc) is 0.772. The van der Waals surface area contributed by atoms with Crippen LogP contribution in [0.5, 0.6) is 17.2 Å². The first-order chi connectivity index (χ1) is 58.5. The van der Waals surface area contributed by atoms with Crippen molar-refractivity contribution in [3.8, 4) is 39.6 Å². The number of piperidine rings is 4. The molecule has 30 heteroatoms. The summed E-state index contributed by atoms with van der Waals surface area (Å²) in [5.74, 6) is 3.54. The molecule has 30 nitrogen and oxygen atoms in total. The number of nitrogens with one attached hydrogen (secondary N) is 7. The summed E-state index contributed by atoms with van der Waals surface area (Å²) in [5, 5.41) is 13.3. The van der Waals surface area contributed by atoms with Crippen LogP contribution in [-0.4, -0.2) is 194 Å². The van der Waals surface area contributed by atoms with Crippen molar-refractivity contribution in [2.75, 3.05) is 88.6 Å². The van der Waals surface area contributed by atoms with E-state index < -0.39 is 0 Å². The number of pyridine rings is 4. The second-order valence-electron chi connectivity index (χ2n) is 29.4. The highest BCUT2D eigenvalue weighted by molar-refractivity contribution is 5.97. The van der Waals surface area contributed by atoms with Crippen molar-refractivity contribution in [2.24, 2.45) is 5.92 Å². The van der Waals surface area contributed by atoms with Crippen LogP contribution >= 0.6 is 0 Å². The van der Waals surface area contributed by atoms with Crippen LogP contribution in [0.15, 0.2) is 235 Å². The molecule has 612 valence electrons. The van der Waals surface area contributed by atoms with E-state index in [4.69, 9.17) is 14.2 Å². The topological polar surface area (TPSA) is 380 Å². The van der Waals surface area contributed by atoms with Crippen LogP contribution in [0.3, 0.4) is 0 Å². The Morgan fingerprint density at radius 1 is 0.442 bits per heavy atom. The standard InChI is InChI=1S/C26H24N4O3.C24H27N5O4.C21H21N5O2.C19H19N5O2/c1-2-23(31)30-12-6-7-17(15-30)13-22-24-25(32)20-14-19(33-18-8-4-3-5-9-18)10-11-21(20)29-26(24)28-16-27-22;1-3-21(30)29-10-4-5-17(14-29)27-22-20-13-19(24(31)28-23(20)26-15-25-22)16-6-8-18(9-7-16)33-12-11-32-2;1-2-18(28)26-10-6-9-15(12-26)24-20-19-17(27)11-16(14-7-4-3-5-8-14)25-21(19)23-13-22-20;1-2-15(25)24-9-5-6-12(10-24)22-18-16-17(26)13-7-3-4-8-14(13)23-19(16)21-11-20-18/h2-5,8-11,14,16-17H,1,6-7,12-13,15H2,(H,27,28,29,32);3,6-9,13,15,17H,1,4-5,10-12,14H2,2H3,(H2,25,26,27,28,31);2-5,7-8,11,13,15H,1,6,9-10,12H2,(H2,22,23,24,25,27);2-4,7-8,11-12H,1,5-6,9-10H2,(H2,20,21,22,23,26)/t2*17-;15-;12-/m0111/s1. The SMILES string of the molecule is C=CC(=O)N1CCC[C@@H](Cc2ncnc3[nH]c4ccc(Oc5ccccc5)cc4c(=O)c23)C1.C=CC(=O)N1CCC[C@@H](Nc2ncnc3[nH]c(-c4ccccc4)cc(=O)c23)C1.C=CC(=O)N1CCC[C@@H](Nc2ncnc3[nH]c(=O)c(-c4ccc(OCCOC)cc4)cc23)C1.C=CC(=O)N1CCC[C@@H](Nc2ncnc3[nH]c4ccccc4c(=O)c23)C1. The van der Waals surface area contributed by atoms with E-state index in [1.54, 1.807) is 46.1 Å². The van der Waals surface area contributed by atoms with E-state index in [2.05, 4.69) is 102 Å². The van der Waals surface area contributed by atoms with Crippen molar-refractivity contribution >= 4 is 107 Å². The van der Waals surface area contributed by atoms with Gasteiger partial charge in [-0.15, -0.1) is 0 Å². The zero-order valence-electron chi connectivity index (χ0n) is 66.3. The smallest absolute Gasteiger partial charge is 0.257 e. The normalized spacial score (nSPS) is 16.5. The minimum atomic E-state index is -0.236. The molecule has 4 aliphatic rings. The third-order valence-corrected chi connectivity index (χ3v) is 21.4. The van der Waals surface area contributed by atoms with Gasteiger partial charge in [-0.1, -0.05) is 99.1 Å². The van der Waals surface area contributed by atoms with Crippen molar-refractivity contribution in [2.45, 2.75) is 75.9 Å². The highest BCUT2D eigenvalue weighted by Gasteiger charge is 2.29. The molecule has 4 atom stereocenters. The van der Waals surface area contributed by atoms with E-state index in [0.29, 0.717) is 164 Å². The number of ether oxygens (including phenoxy) is 3. The van der Waals surface area contributed by atoms with E-state index in [9.17, 15) is 38.4 Å². The lowest BCUT2D eigenvalue weighted by Gasteiger charge is -2.33. The number of fused-ring (bicyclic) bond motifs is 6. The molecule has 8 aromatic heterocycles. The number of rotatable bonds is 20. The number of hydrogen-bond acceptors (Lipinski definition) is 22. The lowest BCUT2D eigenvalue weighted by molar-refractivity contribution is -0.128. The van der Waals surface area contributed by atoms with Gasteiger partial charge in [0.05, 0.1) is 39.8 Å². The van der Waals surface area contributed by atoms with Crippen LogP contribution in [-0.2, 0) is 30.3 Å². The molecule has 13 aromatic rings. The summed E-state index contributed by atoms with van der Waals surface area (Å²) in [4.78, 5) is 154. The lowest BCUT2D eigenvalue weighted by Crippen LogP contribution is -2.44. The molecule has 12 heterocycles. The molecule has 0 saturated carbocycles. The number of benzene rings is 5. The summed E-state index contributed by atoms with van der Waals surface area (Å²) in [6.45, 7) is 20.4. The third kappa shape index (κ3) is 19.5. The molecule has 0 spiro atoms. The molecule has 7 N–H and O–H groups in total. The Morgan fingerprint density at radius 2 is 0.933 bits per heavy atom. The van der Waals surface area contributed by atoms with Gasteiger partial charge in [0.25, 0.3) is 5.56 Å². The zero-order valence-corrected chi connectivity index (χ0v) is 66.3. The monoisotopic (exact) mass is 1610 g/mol. The maximum Gasteiger partial charge on any atom is 0.257 e. The van der Waals surface area contributed by atoms with Crippen molar-refractivity contribution in [1.82, 2.24) is 79.4 Å². The zero-order chi connectivity index (χ0) is 83.6. The summed E-state index contributed by atoms with van der Waals surface area (Å²) in [5.41, 5.74) is 6.39. The largest absolute Gasteiger partial charge is 0.491 e. The molecular weight excluding hydrogens is 1520 g/mol. The molecule has 0 unspecified atom stereocenters. The molecule has 17 rings (SSSR count). The predicted octanol–water partition coefficient (Wildman–Crippen LogP) is 11.5. The number of methoxy groups -OCH3 is 1. The Labute approximate surface area is 688 Å². The Balaban J connectivity index is 0.000000132. The number of carbonyl (C=O) groups excluding carboxylic acids is 4. The first-order valence-electron chi connectivity index (χ1n) is 39.8. The number of aromatic nitrogens is 12. The molecule has 4 amide bonds. The number of aromatic amines is 4. The van der Waals surface area contributed by atoms with Crippen LogP contribution in [0.2, 0.25) is 0 Å². The van der Waals surface area contributed by atoms with Gasteiger partial charge in [0, 0.05) is 100.0 Å². The second kappa shape index (κ2) is 38.6. The van der Waals surface area contributed by atoms with Crippen LogP contribution < -0.4 is 47.3 Å². The Morgan fingerprint density at radius 3 is 1.53 bits per heavy atom. The fourth-order valence-electron chi connectivity index (χ4n) is 15.5. The summed E-state index contributed by atoms with van der Waals surface area (Å²) in [6, 6.07) is 42.6. The average molecular weight is 1610 g/mol. The fourth-order valence-corrected chi connectivity index (χ4v) is 15.5. The molecule has 4 saturated heterocycles. The van der Waals surface area contributed by atoms with E-state index in [1.807, 2.05) is 120 Å². The first kappa shape index (κ1) is 82.1. The van der Waals surface area contributed by atoms with Gasteiger partial charge in [-0.2, -0.15) is 0 Å². The van der Waals surface area contributed by atoms with Gasteiger partial charge in [0.1, 0.15) is 100.0 Å². The highest BCUT2D eigenvalue weighted by atomic mass is 16.5.